The van der Waals surface area contributed by atoms with E-state index in [-0.39, 0.29) is 23.9 Å². The molecular weight excluding hydrogens is 302 g/mol. The minimum Gasteiger partial charge on any atom is -0.327 e. The van der Waals surface area contributed by atoms with Crippen molar-refractivity contribution in [2.75, 3.05) is 5.88 Å². The van der Waals surface area contributed by atoms with Crippen LogP contribution in [0.15, 0.2) is 35.7 Å². The number of carbonyl (C=O) groups excluding carboxylic acids is 1. The van der Waals surface area contributed by atoms with E-state index in [2.05, 4.69) is 31.4 Å². The van der Waals surface area contributed by atoms with Crippen LogP contribution in [0, 0.1) is 6.92 Å². The first-order valence-corrected chi connectivity index (χ1v) is 8.53. The van der Waals surface area contributed by atoms with Crippen molar-refractivity contribution in [3.8, 4) is 0 Å². The molecule has 0 spiro atoms. The van der Waals surface area contributed by atoms with Crippen molar-refractivity contribution in [2.24, 2.45) is 0 Å². The normalized spacial score (nSPS) is 21.2. The third-order valence-electron chi connectivity index (χ3n) is 4.15. The van der Waals surface area contributed by atoms with E-state index in [0.29, 0.717) is 0 Å². The molecule has 2 atom stereocenters. The molecule has 21 heavy (non-hydrogen) atoms. The molecule has 0 radical (unpaired) electrons. The molecule has 1 aromatic carbocycles. The van der Waals surface area contributed by atoms with Crippen molar-refractivity contribution >= 4 is 28.8 Å². The van der Waals surface area contributed by atoms with Gasteiger partial charge in [-0.3, -0.25) is 4.79 Å². The average Bonchev–Trinajstić information content (AvgIpc) is 2.87. The van der Waals surface area contributed by atoms with Crippen LogP contribution in [0.1, 0.15) is 34.5 Å². The molecule has 1 aliphatic rings. The zero-order chi connectivity index (χ0) is 15.0. The number of rotatable bonds is 2. The number of nitrogens with zero attached hydrogens (tertiary/aromatic N) is 1. The Kier molecular flexibility index (Phi) is 4.05. The summed E-state index contributed by atoms with van der Waals surface area (Å²) >= 11 is 7.60. The van der Waals surface area contributed by atoms with Crippen molar-refractivity contribution in [2.45, 2.75) is 32.4 Å². The molecule has 0 N–H and O–H groups in total. The number of hydrogen-bond donors (Lipinski definition) is 0. The lowest BCUT2D eigenvalue weighted by molar-refractivity contribution is -0.132. The number of amides is 1. The summed E-state index contributed by atoms with van der Waals surface area (Å²) in [5.74, 6) is 0.0441. The predicted molar refractivity (Wildman–Crippen MR) is 88.1 cm³/mol. The Morgan fingerprint density at radius 1 is 1.38 bits per heavy atom. The van der Waals surface area contributed by atoms with Gasteiger partial charge in [0.2, 0.25) is 5.91 Å². The summed E-state index contributed by atoms with van der Waals surface area (Å²) < 4.78 is 0. The number of aryl methyl sites for hydroxylation is 1. The highest BCUT2D eigenvalue weighted by molar-refractivity contribution is 7.10. The van der Waals surface area contributed by atoms with Crippen molar-refractivity contribution in [1.29, 1.82) is 0 Å². The van der Waals surface area contributed by atoms with Crippen LogP contribution in [0.25, 0.3) is 0 Å². The number of carbonyl (C=O) groups is 1. The second kappa shape index (κ2) is 5.82. The van der Waals surface area contributed by atoms with Crippen LogP contribution in [-0.2, 0) is 11.2 Å². The monoisotopic (exact) mass is 319 g/mol. The third kappa shape index (κ3) is 2.49. The molecule has 1 amide bonds. The molecule has 0 saturated carbocycles. The van der Waals surface area contributed by atoms with Gasteiger partial charge in [-0.1, -0.05) is 30.3 Å². The second-order valence-electron chi connectivity index (χ2n) is 5.56. The minimum absolute atomic E-state index is 0.00472. The highest BCUT2D eigenvalue weighted by Crippen LogP contribution is 2.42. The molecule has 4 heteroatoms. The SMILES string of the molecule is Cc1csc2c1C[C@H](C)N(C(=O)CCl)[C@H]2c1ccccc1. The van der Waals surface area contributed by atoms with Gasteiger partial charge in [-0.15, -0.1) is 22.9 Å². The maximum Gasteiger partial charge on any atom is 0.238 e. The number of benzene rings is 1. The van der Waals surface area contributed by atoms with Crippen LogP contribution in [0.2, 0.25) is 0 Å². The Morgan fingerprint density at radius 3 is 2.76 bits per heavy atom. The Morgan fingerprint density at radius 2 is 2.10 bits per heavy atom. The average molecular weight is 320 g/mol. The molecule has 0 unspecified atom stereocenters. The van der Waals surface area contributed by atoms with Crippen molar-refractivity contribution in [3.63, 3.8) is 0 Å². The van der Waals surface area contributed by atoms with Gasteiger partial charge in [0.1, 0.15) is 5.88 Å². The zero-order valence-corrected chi connectivity index (χ0v) is 13.7. The van der Waals surface area contributed by atoms with Crippen molar-refractivity contribution in [3.05, 3.63) is 57.3 Å². The summed E-state index contributed by atoms with van der Waals surface area (Å²) in [5, 5.41) is 2.20. The zero-order valence-electron chi connectivity index (χ0n) is 12.2. The van der Waals surface area contributed by atoms with E-state index in [9.17, 15) is 4.79 Å². The van der Waals surface area contributed by atoms with Crippen LogP contribution in [0.4, 0.5) is 0 Å². The lowest BCUT2D eigenvalue weighted by Gasteiger charge is -2.41. The number of halogens is 1. The van der Waals surface area contributed by atoms with Gasteiger partial charge >= 0.3 is 0 Å². The topological polar surface area (TPSA) is 20.3 Å². The molecule has 2 nitrogen and oxygen atoms in total. The number of thiophene rings is 1. The molecule has 0 saturated heterocycles. The smallest absolute Gasteiger partial charge is 0.238 e. The number of fused-ring (bicyclic) bond motifs is 1. The van der Waals surface area contributed by atoms with E-state index in [0.717, 1.165) is 12.0 Å². The van der Waals surface area contributed by atoms with E-state index in [1.54, 1.807) is 11.3 Å². The van der Waals surface area contributed by atoms with Gasteiger partial charge in [-0.2, -0.15) is 0 Å². The van der Waals surface area contributed by atoms with E-state index < -0.39 is 0 Å². The molecule has 2 heterocycles. The summed E-state index contributed by atoms with van der Waals surface area (Å²) in [6.07, 6.45) is 0.913. The van der Waals surface area contributed by atoms with Gasteiger partial charge < -0.3 is 4.90 Å². The molecule has 0 fully saturated rings. The van der Waals surface area contributed by atoms with Crippen LogP contribution in [-0.4, -0.2) is 22.7 Å². The Hall–Kier alpha value is -1.32. The van der Waals surface area contributed by atoms with Gasteiger partial charge in [0.15, 0.2) is 0 Å². The van der Waals surface area contributed by atoms with E-state index >= 15 is 0 Å². The standard InChI is InChI=1S/C17H18ClNOS/c1-11-10-21-17-14(11)8-12(2)19(15(20)9-18)16(17)13-6-4-3-5-7-13/h3-7,10,12,16H,8-9H2,1-2H3/t12-,16-/m0/s1. The summed E-state index contributed by atoms with van der Waals surface area (Å²) in [6, 6.07) is 10.4. The molecule has 110 valence electrons. The quantitative estimate of drug-likeness (QED) is 0.761. The van der Waals surface area contributed by atoms with Crippen LogP contribution < -0.4 is 0 Å². The summed E-state index contributed by atoms with van der Waals surface area (Å²) in [6.45, 7) is 4.27. The van der Waals surface area contributed by atoms with E-state index in [1.807, 2.05) is 23.1 Å². The molecule has 3 rings (SSSR count). The van der Waals surface area contributed by atoms with Crippen LogP contribution >= 0.6 is 22.9 Å². The fourth-order valence-corrected chi connectivity index (χ4v) is 4.51. The first-order chi connectivity index (χ1) is 10.1. The molecule has 0 aliphatic carbocycles. The Balaban J connectivity index is 2.15. The van der Waals surface area contributed by atoms with Gasteiger partial charge in [-0.05, 0) is 42.3 Å². The first-order valence-electron chi connectivity index (χ1n) is 7.12. The number of alkyl halides is 1. The molecular formula is C17H18ClNOS. The largest absolute Gasteiger partial charge is 0.327 e. The van der Waals surface area contributed by atoms with Gasteiger partial charge in [0.05, 0.1) is 6.04 Å². The summed E-state index contributed by atoms with van der Waals surface area (Å²) in [7, 11) is 0. The van der Waals surface area contributed by atoms with E-state index in [4.69, 9.17) is 11.6 Å². The highest BCUT2D eigenvalue weighted by Gasteiger charge is 2.37. The predicted octanol–water partition coefficient (Wildman–Crippen LogP) is 4.16. The minimum atomic E-state index is -0.00472. The number of hydrogen-bond acceptors (Lipinski definition) is 2. The lowest BCUT2D eigenvalue weighted by atomic mass is 9.89. The second-order valence-corrected chi connectivity index (χ2v) is 6.74. The summed E-state index contributed by atoms with van der Waals surface area (Å²) in [5.41, 5.74) is 3.89. The van der Waals surface area contributed by atoms with Gasteiger partial charge in [0.25, 0.3) is 0 Å². The van der Waals surface area contributed by atoms with Crippen LogP contribution in [0.5, 0.6) is 0 Å². The van der Waals surface area contributed by atoms with E-state index in [1.165, 1.54) is 16.0 Å². The van der Waals surface area contributed by atoms with Crippen molar-refractivity contribution < 1.29 is 4.79 Å². The fourth-order valence-electron chi connectivity index (χ4n) is 3.16. The van der Waals surface area contributed by atoms with Gasteiger partial charge in [-0.25, -0.2) is 0 Å². The molecule has 1 aliphatic heterocycles. The maximum absolute atomic E-state index is 12.4. The molecule has 1 aromatic heterocycles. The van der Waals surface area contributed by atoms with Gasteiger partial charge in [0, 0.05) is 10.9 Å². The van der Waals surface area contributed by atoms with Crippen LogP contribution in [0.3, 0.4) is 0 Å². The third-order valence-corrected chi connectivity index (χ3v) is 5.58. The maximum atomic E-state index is 12.4. The van der Waals surface area contributed by atoms with Crippen molar-refractivity contribution in [1.82, 2.24) is 4.90 Å². The lowest BCUT2D eigenvalue weighted by Crippen LogP contribution is -2.46. The Labute approximate surface area is 134 Å². The molecule has 2 aromatic rings. The first kappa shape index (κ1) is 14.6. The fraction of sp³-hybridized carbons (Fsp3) is 0.353. The summed E-state index contributed by atoms with van der Waals surface area (Å²) in [4.78, 5) is 15.6. The highest BCUT2D eigenvalue weighted by atomic mass is 35.5. The molecule has 0 bridgehead atoms. The Bertz CT molecular complexity index is 652.